The predicted molar refractivity (Wildman–Crippen MR) is 56.1 cm³/mol. The van der Waals surface area contributed by atoms with Crippen LogP contribution in [0.1, 0.15) is 39.0 Å². The van der Waals surface area contributed by atoms with Gasteiger partial charge < -0.3 is 9.84 Å². The van der Waals surface area contributed by atoms with E-state index in [-0.39, 0.29) is 5.92 Å². The van der Waals surface area contributed by atoms with Gasteiger partial charge in [0.15, 0.2) is 0 Å². The van der Waals surface area contributed by atoms with Crippen molar-refractivity contribution in [3.05, 3.63) is 0 Å². The van der Waals surface area contributed by atoms with Crippen molar-refractivity contribution in [3.63, 3.8) is 0 Å². The molecule has 0 radical (unpaired) electrons. The monoisotopic (exact) mass is 209 g/mol. The Balaban J connectivity index is 2.28. The minimum atomic E-state index is -0.817. The van der Waals surface area contributed by atoms with Gasteiger partial charge in [-0.25, -0.2) is 0 Å². The summed E-state index contributed by atoms with van der Waals surface area (Å²) in [4.78, 5) is 0. The lowest BCUT2D eigenvalue weighted by Gasteiger charge is -2.45. The zero-order valence-electron chi connectivity index (χ0n) is 9.33. The Morgan fingerprint density at radius 3 is 2.67 bits per heavy atom. The third kappa shape index (κ3) is 1.47. The Morgan fingerprint density at radius 2 is 2.20 bits per heavy atom. The standard InChI is InChI=1S/C12H19NO2/c1-10-4-2-6-12(10,14)11(8-13)5-3-7-15-9-11/h10,14H,2-7,9H2,1H3. The Labute approximate surface area is 91.0 Å². The van der Waals surface area contributed by atoms with Gasteiger partial charge in [-0.1, -0.05) is 13.3 Å². The first-order chi connectivity index (χ1) is 7.15. The second-order valence-corrected chi connectivity index (χ2v) is 5.07. The average Bonchev–Trinajstić information content (AvgIpc) is 2.62. The summed E-state index contributed by atoms with van der Waals surface area (Å²) in [5.41, 5.74) is -1.47. The molecule has 0 aromatic heterocycles. The van der Waals surface area contributed by atoms with Gasteiger partial charge in [0.05, 0.1) is 18.3 Å². The normalized spacial score (nSPS) is 46.3. The van der Waals surface area contributed by atoms with Crippen molar-refractivity contribution in [3.8, 4) is 6.07 Å². The molecule has 3 heteroatoms. The zero-order chi connectivity index (χ0) is 10.9. The van der Waals surface area contributed by atoms with Gasteiger partial charge in [-0.2, -0.15) is 5.26 Å². The molecule has 84 valence electrons. The molecule has 3 atom stereocenters. The molecule has 0 aromatic rings. The maximum atomic E-state index is 10.7. The van der Waals surface area contributed by atoms with E-state index in [0.717, 1.165) is 38.7 Å². The molecule has 2 fully saturated rings. The average molecular weight is 209 g/mol. The molecule has 1 N–H and O–H groups in total. The Kier molecular flexibility index (Phi) is 2.74. The van der Waals surface area contributed by atoms with E-state index >= 15 is 0 Å². The van der Waals surface area contributed by atoms with E-state index in [1.54, 1.807) is 0 Å². The molecule has 0 bridgehead atoms. The van der Waals surface area contributed by atoms with Crippen LogP contribution in [-0.2, 0) is 4.74 Å². The molecule has 3 nitrogen and oxygen atoms in total. The van der Waals surface area contributed by atoms with Crippen molar-refractivity contribution < 1.29 is 9.84 Å². The first-order valence-electron chi connectivity index (χ1n) is 5.86. The van der Waals surface area contributed by atoms with Crippen LogP contribution >= 0.6 is 0 Å². The van der Waals surface area contributed by atoms with Crippen LogP contribution in [0.3, 0.4) is 0 Å². The summed E-state index contributed by atoms with van der Waals surface area (Å²) in [6, 6.07) is 2.36. The number of nitrogens with zero attached hydrogens (tertiary/aromatic N) is 1. The Bertz CT molecular complexity index is 278. The Hall–Kier alpha value is -0.590. The molecule has 1 aliphatic carbocycles. The number of hydrogen-bond donors (Lipinski definition) is 1. The first kappa shape index (κ1) is 10.9. The minimum Gasteiger partial charge on any atom is -0.388 e. The van der Waals surface area contributed by atoms with Crippen LogP contribution in [-0.4, -0.2) is 23.9 Å². The fourth-order valence-electron chi connectivity index (χ4n) is 3.19. The molecule has 0 spiro atoms. The number of aliphatic hydroxyl groups is 1. The van der Waals surface area contributed by atoms with Crippen LogP contribution in [0.15, 0.2) is 0 Å². The Morgan fingerprint density at radius 1 is 1.40 bits per heavy atom. The largest absolute Gasteiger partial charge is 0.388 e. The van der Waals surface area contributed by atoms with Crippen molar-refractivity contribution in [1.29, 1.82) is 5.26 Å². The van der Waals surface area contributed by atoms with Crippen molar-refractivity contribution in [2.75, 3.05) is 13.2 Å². The topological polar surface area (TPSA) is 53.2 Å². The molecule has 2 aliphatic rings. The van der Waals surface area contributed by atoms with Crippen LogP contribution in [0.4, 0.5) is 0 Å². The summed E-state index contributed by atoms with van der Waals surface area (Å²) in [6.45, 7) is 3.19. The maximum absolute atomic E-state index is 10.7. The van der Waals surface area contributed by atoms with E-state index in [1.807, 2.05) is 0 Å². The van der Waals surface area contributed by atoms with Gasteiger partial charge in [0, 0.05) is 6.61 Å². The SMILES string of the molecule is CC1CCCC1(O)C1(C#N)CCCOC1. The summed E-state index contributed by atoms with van der Waals surface area (Å²) in [6.07, 6.45) is 4.49. The van der Waals surface area contributed by atoms with Gasteiger partial charge in [0.25, 0.3) is 0 Å². The highest BCUT2D eigenvalue weighted by atomic mass is 16.5. The van der Waals surface area contributed by atoms with Crippen molar-refractivity contribution >= 4 is 0 Å². The summed E-state index contributed by atoms with van der Waals surface area (Å²) in [5.74, 6) is 0.221. The van der Waals surface area contributed by atoms with E-state index in [4.69, 9.17) is 4.74 Å². The molecule has 1 saturated heterocycles. The van der Waals surface area contributed by atoms with E-state index in [0.29, 0.717) is 6.61 Å². The molecule has 1 aliphatic heterocycles. The minimum absolute atomic E-state index is 0.221. The van der Waals surface area contributed by atoms with Gasteiger partial charge in [-0.3, -0.25) is 0 Å². The van der Waals surface area contributed by atoms with Crippen molar-refractivity contribution in [2.45, 2.75) is 44.6 Å². The van der Waals surface area contributed by atoms with Crippen LogP contribution in [0.2, 0.25) is 0 Å². The van der Waals surface area contributed by atoms with Crippen molar-refractivity contribution in [2.24, 2.45) is 11.3 Å². The van der Waals surface area contributed by atoms with Gasteiger partial charge in [-0.05, 0) is 31.6 Å². The molecule has 0 aromatic carbocycles. The fraction of sp³-hybridized carbons (Fsp3) is 0.917. The molecule has 0 amide bonds. The van der Waals surface area contributed by atoms with Crippen LogP contribution in [0.25, 0.3) is 0 Å². The van der Waals surface area contributed by atoms with Gasteiger partial charge in [-0.15, -0.1) is 0 Å². The first-order valence-corrected chi connectivity index (χ1v) is 5.86. The van der Waals surface area contributed by atoms with Gasteiger partial charge >= 0.3 is 0 Å². The lowest BCUT2D eigenvalue weighted by Crippen LogP contribution is -2.53. The summed E-state index contributed by atoms with van der Waals surface area (Å²) >= 11 is 0. The number of hydrogen-bond acceptors (Lipinski definition) is 3. The highest BCUT2D eigenvalue weighted by molar-refractivity contribution is 5.15. The fourth-order valence-corrected chi connectivity index (χ4v) is 3.19. The van der Waals surface area contributed by atoms with Gasteiger partial charge in [0.2, 0.25) is 0 Å². The molecule has 1 heterocycles. The van der Waals surface area contributed by atoms with E-state index in [9.17, 15) is 10.4 Å². The third-order valence-corrected chi connectivity index (χ3v) is 4.29. The molecular weight excluding hydrogens is 190 g/mol. The van der Waals surface area contributed by atoms with Crippen molar-refractivity contribution in [1.82, 2.24) is 0 Å². The molecule has 1 saturated carbocycles. The lowest BCUT2D eigenvalue weighted by molar-refractivity contribution is -0.134. The predicted octanol–water partition coefficient (Wildman–Crippen LogP) is 1.86. The zero-order valence-corrected chi connectivity index (χ0v) is 9.33. The number of nitriles is 1. The number of ether oxygens (including phenoxy) is 1. The molecular formula is C12H19NO2. The smallest absolute Gasteiger partial charge is 0.109 e. The second kappa shape index (κ2) is 3.77. The third-order valence-electron chi connectivity index (χ3n) is 4.29. The number of rotatable bonds is 1. The quantitative estimate of drug-likeness (QED) is 0.717. The summed E-state index contributed by atoms with van der Waals surface area (Å²) in [7, 11) is 0. The maximum Gasteiger partial charge on any atom is 0.109 e. The molecule has 2 rings (SSSR count). The highest BCUT2D eigenvalue weighted by Crippen LogP contribution is 2.50. The highest BCUT2D eigenvalue weighted by Gasteiger charge is 2.56. The lowest BCUT2D eigenvalue weighted by atomic mass is 9.65. The van der Waals surface area contributed by atoms with E-state index < -0.39 is 11.0 Å². The molecule has 3 unspecified atom stereocenters. The summed E-state index contributed by atoms with van der Waals surface area (Å²) in [5, 5.41) is 20.1. The van der Waals surface area contributed by atoms with Crippen LogP contribution < -0.4 is 0 Å². The summed E-state index contributed by atoms with van der Waals surface area (Å²) < 4.78 is 5.42. The second-order valence-electron chi connectivity index (χ2n) is 5.07. The van der Waals surface area contributed by atoms with E-state index in [2.05, 4.69) is 13.0 Å². The van der Waals surface area contributed by atoms with Crippen LogP contribution in [0, 0.1) is 22.7 Å². The molecule has 15 heavy (non-hydrogen) atoms. The van der Waals surface area contributed by atoms with E-state index in [1.165, 1.54) is 0 Å². The van der Waals surface area contributed by atoms with Gasteiger partial charge in [0.1, 0.15) is 5.41 Å². The van der Waals surface area contributed by atoms with Crippen LogP contribution in [0.5, 0.6) is 0 Å².